The van der Waals surface area contributed by atoms with Crippen LogP contribution in [0.5, 0.6) is 0 Å². The first-order valence-corrected chi connectivity index (χ1v) is 21.0. The maximum absolute atomic E-state index is 5.25. The summed E-state index contributed by atoms with van der Waals surface area (Å²) in [6.45, 7) is 0. The average molecular weight is 783 g/mol. The van der Waals surface area contributed by atoms with Crippen LogP contribution in [0.3, 0.4) is 0 Å². The van der Waals surface area contributed by atoms with Crippen LogP contribution < -0.4 is 0 Å². The summed E-state index contributed by atoms with van der Waals surface area (Å²) in [5, 5.41) is 7.31. The van der Waals surface area contributed by atoms with Crippen molar-refractivity contribution >= 4 is 64.1 Å². The van der Waals surface area contributed by atoms with Crippen LogP contribution in [0.25, 0.3) is 115 Å². The van der Waals surface area contributed by atoms with Crippen molar-refractivity contribution in [3.05, 3.63) is 206 Å². The third-order valence-electron chi connectivity index (χ3n) is 11.7. The summed E-state index contributed by atoms with van der Waals surface area (Å²) >= 11 is 1.80. The molecule has 3 heterocycles. The zero-order valence-corrected chi connectivity index (χ0v) is 33.1. The minimum absolute atomic E-state index is 0.631. The van der Waals surface area contributed by atoms with Gasteiger partial charge in [-0.3, -0.25) is 0 Å². The van der Waals surface area contributed by atoms with Crippen LogP contribution in [0.4, 0.5) is 0 Å². The zero-order chi connectivity index (χ0) is 39.6. The molecule has 4 nitrogen and oxygen atoms in total. The summed E-state index contributed by atoms with van der Waals surface area (Å²) in [6.07, 6.45) is 0. The van der Waals surface area contributed by atoms with Crippen molar-refractivity contribution in [1.82, 2.24) is 19.5 Å². The molecule has 3 aromatic heterocycles. The number of benzene rings is 9. The Hall–Kier alpha value is -7.73. The summed E-state index contributed by atoms with van der Waals surface area (Å²) in [5.41, 5.74) is 11.0. The summed E-state index contributed by atoms with van der Waals surface area (Å²) in [4.78, 5) is 15.7. The van der Waals surface area contributed by atoms with E-state index in [0.29, 0.717) is 17.5 Å². The van der Waals surface area contributed by atoms with Crippen LogP contribution in [0.1, 0.15) is 0 Å². The van der Waals surface area contributed by atoms with Gasteiger partial charge >= 0.3 is 0 Å². The van der Waals surface area contributed by atoms with Gasteiger partial charge in [0.2, 0.25) is 0 Å². The molecular formula is C55H34N4S. The summed E-state index contributed by atoms with van der Waals surface area (Å²) in [7, 11) is 0. The fourth-order valence-electron chi connectivity index (χ4n) is 8.91. The Morgan fingerprint density at radius 2 is 0.800 bits per heavy atom. The van der Waals surface area contributed by atoms with E-state index >= 15 is 0 Å². The Kier molecular flexibility index (Phi) is 8.00. The first-order chi connectivity index (χ1) is 29.7. The molecule has 12 rings (SSSR count). The minimum Gasteiger partial charge on any atom is -0.309 e. The molecule has 5 heteroatoms. The molecule has 0 unspecified atom stereocenters. The standard InChI is InChI=1S/C55H34N4S/c1-2-13-35(14-3-1)41-20-10-15-37-16-11-21-42(51(37)41)36-27-29-38(30-28-36)53-56-54(58-55(57-53)46-22-12-26-50-52(46)45-19-6-9-25-49(45)60-50)39-31-33-40(34-32-39)59-47-23-7-4-17-43(47)44-18-5-8-24-48(44)59/h1-34H. The number of hydrogen-bond acceptors (Lipinski definition) is 4. The van der Waals surface area contributed by atoms with Crippen LogP contribution in [0, 0.1) is 0 Å². The monoisotopic (exact) mass is 782 g/mol. The molecule has 0 spiro atoms. The van der Waals surface area contributed by atoms with E-state index in [9.17, 15) is 0 Å². The molecule has 0 aliphatic rings. The average Bonchev–Trinajstić information content (AvgIpc) is 3.88. The van der Waals surface area contributed by atoms with E-state index in [1.54, 1.807) is 11.3 Å². The van der Waals surface area contributed by atoms with Gasteiger partial charge in [-0.25, -0.2) is 15.0 Å². The second-order valence-corrected chi connectivity index (χ2v) is 16.2. The van der Waals surface area contributed by atoms with Crippen LogP contribution >= 0.6 is 11.3 Å². The van der Waals surface area contributed by atoms with E-state index in [1.165, 1.54) is 69.4 Å². The number of aromatic nitrogens is 4. The van der Waals surface area contributed by atoms with E-state index < -0.39 is 0 Å². The van der Waals surface area contributed by atoms with Gasteiger partial charge in [0, 0.05) is 53.3 Å². The highest BCUT2D eigenvalue weighted by atomic mass is 32.1. The normalized spacial score (nSPS) is 11.7. The Morgan fingerprint density at radius 3 is 1.47 bits per heavy atom. The highest BCUT2D eigenvalue weighted by molar-refractivity contribution is 7.25. The maximum Gasteiger partial charge on any atom is 0.164 e. The van der Waals surface area contributed by atoms with E-state index in [-0.39, 0.29) is 0 Å². The molecule has 0 aliphatic heterocycles. The lowest BCUT2D eigenvalue weighted by atomic mass is 9.91. The van der Waals surface area contributed by atoms with Crippen molar-refractivity contribution in [3.8, 4) is 62.1 Å². The molecule has 0 atom stereocenters. The number of nitrogens with zero attached hydrogens (tertiary/aromatic N) is 4. The second-order valence-electron chi connectivity index (χ2n) is 15.2. The first kappa shape index (κ1) is 34.3. The number of rotatable bonds is 6. The zero-order valence-electron chi connectivity index (χ0n) is 32.3. The van der Waals surface area contributed by atoms with Crippen molar-refractivity contribution in [2.75, 3.05) is 0 Å². The van der Waals surface area contributed by atoms with Gasteiger partial charge in [-0.05, 0) is 81.6 Å². The van der Waals surface area contributed by atoms with E-state index in [1.807, 2.05) is 0 Å². The SMILES string of the molecule is c1ccc(-c2cccc3cccc(-c4ccc(-c5nc(-c6ccc(-n7c8ccccc8c8ccccc87)cc6)nc(-c6cccc7sc8ccccc8c67)n5)cc4)c23)cc1. The van der Waals surface area contributed by atoms with Crippen molar-refractivity contribution < 1.29 is 0 Å². The predicted octanol–water partition coefficient (Wildman–Crippen LogP) is 14.8. The molecule has 0 bridgehead atoms. The highest BCUT2D eigenvalue weighted by Crippen LogP contribution is 2.41. The Bertz CT molecular complexity index is 3530. The molecule has 0 radical (unpaired) electrons. The van der Waals surface area contributed by atoms with Crippen molar-refractivity contribution in [1.29, 1.82) is 0 Å². The topological polar surface area (TPSA) is 43.6 Å². The molecule has 0 amide bonds. The quantitative estimate of drug-likeness (QED) is 0.169. The molecule has 0 saturated heterocycles. The van der Waals surface area contributed by atoms with Crippen molar-refractivity contribution in [2.24, 2.45) is 0 Å². The van der Waals surface area contributed by atoms with E-state index in [2.05, 4.69) is 211 Å². The second kappa shape index (κ2) is 14.0. The summed E-state index contributed by atoms with van der Waals surface area (Å²) in [5.74, 6) is 1.92. The van der Waals surface area contributed by atoms with E-state index in [0.717, 1.165) is 27.9 Å². The molecule has 0 aliphatic carbocycles. The van der Waals surface area contributed by atoms with Gasteiger partial charge < -0.3 is 4.57 Å². The van der Waals surface area contributed by atoms with Crippen LogP contribution in [-0.4, -0.2) is 19.5 Å². The fraction of sp³-hybridized carbons (Fsp3) is 0. The van der Waals surface area contributed by atoms with Gasteiger partial charge in [0.05, 0.1) is 11.0 Å². The number of para-hydroxylation sites is 2. The molecule has 0 fully saturated rings. The van der Waals surface area contributed by atoms with Gasteiger partial charge in [-0.15, -0.1) is 11.3 Å². The first-order valence-electron chi connectivity index (χ1n) is 20.2. The molecule has 9 aromatic carbocycles. The number of hydrogen-bond donors (Lipinski definition) is 0. The third-order valence-corrected chi connectivity index (χ3v) is 12.8. The van der Waals surface area contributed by atoms with Crippen LogP contribution in [-0.2, 0) is 0 Å². The lowest BCUT2D eigenvalue weighted by Gasteiger charge is -2.13. The molecule has 60 heavy (non-hydrogen) atoms. The lowest BCUT2D eigenvalue weighted by Crippen LogP contribution is -2.01. The van der Waals surface area contributed by atoms with Gasteiger partial charge in [-0.2, -0.15) is 0 Å². The molecule has 0 N–H and O–H groups in total. The van der Waals surface area contributed by atoms with Crippen LogP contribution in [0.2, 0.25) is 0 Å². The molecule has 280 valence electrons. The smallest absolute Gasteiger partial charge is 0.164 e. The predicted molar refractivity (Wildman–Crippen MR) is 252 cm³/mol. The van der Waals surface area contributed by atoms with Gasteiger partial charge in [0.1, 0.15) is 0 Å². The van der Waals surface area contributed by atoms with Crippen molar-refractivity contribution in [2.45, 2.75) is 0 Å². The Morgan fingerprint density at radius 1 is 0.317 bits per heavy atom. The fourth-order valence-corrected chi connectivity index (χ4v) is 10.0. The van der Waals surface area contributed by atoms with Gasteiger partial charge in [0.25, 0.3) is 0 Å². The minimum atomic E-state index is 0.631. The summed E-state index contributed by atoms with van der Waals surface area (Å²) < 4.78 is 4.79. The van der Waals surface area contributed by atoms with E-state index in [4.69, 9.17) is 15.0 Å². The van der Waals surface area contributed by atoms with Gasteiger partial charge in [0.15, 0.2) is 17.5 Å². The molecular weight excluding hydrogens is 749 g/mol. The lowest BCUT2D eigenvalue weighted by molar-refractivity contribution is 1.07. The summed E-state index contributed by atoms with van der Waals surface area (Å²) in [6, 6.07) is 73.3. The maximum atomic E-state index is 5.25. The Balaban J connectivity index is 1.00. The number of fused-ring (bicyclic) bond motifs is 7. The molecule has 12 aromatic rings. The number of thiophene rings is 1. The largest absolute Gasteiger partial charge is 0.309 e. The van der Waals surface area contributed by atoms with Crippen LogP contribution in [0.15, 0.2) is 206 Å². The van der Waals surface area contributed by atoms with Gasteiger partial charge in [-0.1, -0.05) is 158 Å². The van der Waals surface area contributed by atoms with Crippen molar-refractivity contribution in [3.63, 3.8) is 0 Å². The third kappa shape index (κ3) is 5.63. The molecule has 0 saturated carbocycles. The Labute approximate surface area is 350 Å². The highest BCUT2D eigenvalue weighted by Gasteiger charge is 2.18.